The van der Waals surface area contributed by atoms with Crippen LogP contribution in [0, 0.1) is 0 Å². The minimum absolute atomic E-state index is 0.590. The van der Waals surface area contributed by atoms with Gasteiger partial charge >= 0.3 is 0 Å². The zero-order valence-corrected chi connectivity index (χ0v) is 11.7. The lowest BCUT2D eigenvalue weighted by molar-refractivity contribution is 0.485. The molecule has 0 aliphatic carbocycles. The fourth-order valence-corrected chi connectivity index (χ4v) is 2.01. The van der Waals surface area contributed by atoms with E-state index in [1.807, 2.05) is 61.6 Å². The molecule has 2 aromatic carbocycles. The summed E-state index contributed by atoms with van der Waals surface area (Å²) in [5, 5.41) is 7.48. The molecule has 5 nitrogen and oxygen atoms in total. The summed E-state index contributed by atoms with van der Waals surface area (Å²) in [6, 6.07) is 17.3. The molecule has 0 spiro atoms. The zero-order valence-electron chi connectivity index (χ0n) is 11.7. The molecule has 0 atom stereocenters. The number of benzene rings is 2. The first kappa shape index (κ1) is 13.1. The molecule has 3 aromatic rings. The molecular formula is C16H16N4O. The van der Waals surface area contributed by atoms with Gasteiger partial charge in [-0.2, -0.15) is 5.10 Å². The highest BCUT2D eigenvalue weighted by Gasteiger charge is 2.09. The number of nitrogen functional groups attached to an aromatic ring is 1. The summed E-state index contributed by atoms with van der Waals surface area (Å²) in [5.74, 6) is 2.11. The number of nitrogens with one attached hydrogen (secondary N) is 1. The van der Waals surface area contributed by atoms with Crippen LogP contribution in [-0.4, -0.2) is 9.78 Å². The van der Waals surface area contributed by atoms with Crippen LogP contribution in [0.25, 0.3) is 0 Å². The fraction of sp³-hybridized carbons (Fsp3) is 0.0625. The Kier molecular flexibility index (Phi) is 3.47. The van der Waals surface area contributed by atoms with Gasteiger partial charge in [0, 0.05) is 13.2 Å². The Balaban J connectivity index is 1.87. The van der Waals surface area contributed by atoms with E-state index in [2.05, 4.69) is 10.4 Å². The third-order valence-electron chi connectivity index (χ3n) is 2.97. The van der Waals surface area contributed by atoms with Crippen LogP contribution in [0.3, 0.4) is 0 Å². The van der Waals surface area contributed by atoms with Crippen LogP contribution in [0.15, 0.2) is 60.8 Å². The SMILES string of the molecule is Cn1cc(N)c(Nc2ccccc2Oc2ccccc2)n1. The number of nitrogens with two attached hydrogens (primary N) is 1. The van der Waals surface area contributed by atoms with E-state index in [9.17, 15) is 0 Å². The number of para-hydroxylation sites is 3. The molecule has 0 aliphatic heterocycles. The van der Waals surface area contributed by atoms with Gasteiger partial charge in [0.15, 0.2) is 11.6 Å². The van der Waals surface area contributed by atoms with Crippen molar-refractivity contribution in [2.75, 3.05) is 11.1 Å². The van der Waals surface area contributed by atoms with E-state index in [0.29, 0.717) is 17.3 Å². The second-order valence-electron chi connectivity index (χ2n) is 4.64. The van der Waals surface area contributed by atoms with Crippen molar-refractivity contribution in [3.05, 3.63) is 60.8 Å². The molecule has 0 saturated carbocycles. The predicted molar refractivity (Wildman–Crippen MR) is 83.9 cm³/mol. The van der Waals surface area contributed by atoms with Gasteiger partial charge in [0.25, 0.3) is 0 Å². The lowest BCUT2D eigenvalue weighted by atomic mass is 10.3. The van der Waals surface area contributed by atoms with Gasteiger partial charge in [0.1, 0.15) is 5.75 Å². The molecule has 0 saturated heterocycles. The van der Waals surface area contributed by atoms with Gasteiger partial charge in [-0.25, -0.2) is 0 Å². The van der Waals surface area contributed by atoms with Gasteiger partial charge in [0.05, 0.1) is 11.4 Å². The van der Waals surface area contributed by atoms with Crippen LogP contribution in [0.5, 0.6) is 11.5 Å². The Bertz CT molecular complexity index is 737. The maximum atomic E-state index is 5.91. The molecule has 0 aliphatic rings. The zero-order chi connectivity index (χ0) is 14.7. The van der Waals surface area contributed by atoms with Crippen LogP contribution in [0.2, 0.25) is 0 Å². The van der Waals surface area contributed by atoms with Gasteiger partial charge in [-0.1, -0.05) is 30.3 Å². The van der Waals surface area contributed by atoms with Gasteiger partial charge < -0.3 is 15.8 Å². The van der Waals surface area contributed by atoms with E-state index >= 15 is 0 Å². The number of ether oxygens (including phenoxy) is 1. The Morgan fingerprint density at radius 3 is 2.48 bits per heavy atom. The van der Waals surface area contributed by atoms with Crippen LogP contribution in [0.1, 0.15) is 0 Å². The number of hydrogen-bond acceptors (Lipinski definition) is 4. The third kappa shape index (κ3) is 2.97. The van der Waals surface area contributed by atoms with Crippen molar-refractivity contribution in [3.8, 4) is 11.5 Å². The van der Waals surface area contributed by atoms with E-state index in [4.69, 9.17) is 10.5 Å². The molecule has 0 fully saturated rings. The van der Waals surface area contributed by atoms with E-state index < -0.39 is 0 Å². The van der Waals surface area contributed by atoms with Crippen molar-refractivity contribution >= 4 is 17.2 Å². The lowest BCUT2D eigenvalue weighted by Crippen LogP contribution is -1.98. The maximum absolute atomic E-state index is 5.91. The van der Waals surface area contributed by atoms with Crippen molar-refractivity contribution in [3.63, 3.8) is 0 Å². The molecule has 0 bridgehead atoms. The predicted octanol–water partition coefficient (Wildman–Crippen LogP) is 3.54. The smallest absolute Gasteiger partial charge is 0.175 e. The largest absolute Gasteiger partial charge is 0.455 e. The quantitative estimate of drug-likeness (QED) is 0.767. The first-order chi connectivity index (χ1) is 10.2. The van der Waals surface area contributed by atoms with Gasteiger partial charge in [-0.15, -0.1) is 0 Å². The average molecular weight is 280 g/mol. The highest BCUT2D eigenvalue weighted by Crippen LogP contribution is 2.32. The molecule has 0 amide bonds. The Morgan fingerprint density at radius 2 is 1.76 bits per heavy atom. The molecule has 0 radical (unpaired) electrons. The lowest BCUT2D eigenvalue weighted by Gasteiger charge is -2.12. The third-order valence-corrected chi connectivity index (χ3v) is 2.97. The molecule has 0 unspecified atom stereocenters. The summed E-state index contributed by atoms with van der Waals surface area (Å²) in [6.45, 7) is 0. The highest BCUT2D eigenvalue weighted by atomic mass is 16.5. The Labute approximate surface area is 123 Å². The minimum atomic E-state index is 0.590. The summed E-state index contributed by atoms with van der Waals surface area (Å²) in [4.78, 5) is 0. The second-order valence-corrected chi connectivity index (χ2v) is 4.64. The first-order valence-corrected chi connectivity index (χ1v) is 6.60. The number of anilines is 3. The minimum Gasteiger partial charge on any atom is -0.455 e. The number of aromatic nitrogens is 2. The van der Waals surface area contributed by atoms with Crippen molar-refractivity contribution in [1.29, 1.82) is 0 Å². The number of aryl methyl sites for hydroxylation is 1. The molecule has 106 valence electrons. The van der Waals surface area contributed by atoms with E-state index in [1.54, 1.807) is 10.9 Å². The van der Waals surface area contributed by atoms with E-state index in [-0.39, 0.29) is 0 Å². The number of rotatable bonds is 4. The average Bonchev–Trinajstić information content (AvgIpc) is 2.80. The van der Waals surface area contributed by atoms with Crippen LogP contribution in [0.4, 0.5) is 17.2 Å². The molecule has 1 heterocycles. The summed E-state index contributed by atoms with van der Waals surface area (Å²) in [5.41, 5.74) is 7.31. The molecule has 5 heteroatoms. The van der Waals surface area contributed by atoms with Crippen LogP contribution in [-0.2, 0) is 7.05 Å². The van der Waals surface area contributed by atoms with Crippen LogP contribution >= 0.6 is 0 Å². The number of hydrogen-bond donors (Lipinski definition) is 2. The molecule has 1 aromatic heterocycles. The van der Waals surface area contributed by atoms with Gasteiger partial charge in [-0.05, 0) is 24.3 Å². The second kappa shape index (κ2) is 5.58. The van der Waals surface area contributed by atoms with E-state index in [1.165, 1.54) is 0 Å². The van der Waals surface area contributed by atoms with Gasteiger partial charge in [0.2, 0.25) is 0 Å². The molecular weight excluding hydrogens is 264 g/mol. The van der Waals surface area contributed by atoms with Crippen molar-refractivity contribution in [1.82, 2.24) is 9.78 Å². The summed E-state index contributed by atoms with van der Waals surface area (Å²) < 4.78 is 7.56. The monoisotopic (exact) mass is 280 g/mol. The normalized spacial score (nSPS) is 10.3. The van der Waals surface area contributed by atoms with E-state index in [0.717, 1.165) is 11.4 Å². The summed E-state index contributed by atoms with van der Waals surface area (Å²) >= 11 is 0. The highest BCUT2D eigenvalue weighted by molar-refractivity contribution is 5.71. The molecule has 3 N–H and O–H groups in total. The summed E-state index contributed by atoms with van der Waals surface area (Å²) in [7, 11) is 1.83. The van der Waals surface area contributed by atoms with Crippen molar-refractivity contribution < 1.29 is 4.74 Å². The number of nitrogens with zero attached hydrogens (tertiary/aromatic N) is 2. The topological polar surface area (TPSA) is 65.1 Å². The standard InChI is InChI=1S/C16H16N4O/c1-20-11-13(17)16(19-20)18-14-9-5-6-10-15(14)21-12-7-3-2-4-8-12/h2-11H,17H2,1H3,(H,18,19). The van der Waals surface area contributed by atoms with Crippen LogP contribution < -0.4 is 15.8 Å². The summed E-state index contributed by atoms with van der Waals surface area (Å²) in [6.07, 6.45) is 1.75. The van der Waals surface area contributed by atoms with Crippen molar-refractivity contribution in [2.45, 2.75) is 0 Å². The molecule has 21 heavy (non-hydrogen) atoms. The maximum Gasteiger partial charge on any atom is 0.175 e. The Hall–Kier alpha value is -2.95. The molecule has 3 rings (SSSR count). The Morgan fingerprint density at radius 1 is 1.05 bits per heavy atom. The first-order valence-electron chi connectivity index (χ1n) is 6.60. The van der Waals surface area contributed by atoms with Crippen molar-refractivity contribution in [2.24, 2.45) is 7.05 Å². The van der Waals surface area contributed by atoms with Gasteiger partial charge in [-0.3, -0.25) is 4.68 Å². The fourth-order valence-electron chi connectivity index (χ4n) is 2.01.